The first kappa shape index (κ1) is 12.0. The molecular weight excluding hydrogens is 187 g/mol. The Kier molecular flexibility index (Phi) is 5.15. The van der Waals surface area contributed by atoms with Crippen molar-refractivity contribution in [2.24, 2.45) is 0 Å². The van der Waals surface area contributed by atoms with E-state index in [2.05, 4.69) is 6.92 Å². The maximum Gasteiger partial charge on any atom is 0.480 e. The van der Waals surface area contributed by atoms with E-state index in [0.29, 0.717) is 0 Å². The van der Waals surface area contributed by atoms with Crippen LogP contribution in [0.15, 0.2) is 36.3 Å². The van der Waals surface area contributed by atoms with E-state index < -0.39 is 7.12 Å². The van der Waals surface area contributed by atoms with Crippen molar-refractivity contribution >= 4 is 12.7 Å². The van der Waals surface area contributed by atoms with Gasteiger partial charge in [0.25, 0.3) is 0 Å². The Bertz CT molecular complexity index is 307. The predicted octanol–water partition coefficient (Wildman–Crippen LogP) is 2.27. The summed E-state index contributed by atoms with van der Waals surface area (Å²) in [6, 6.07) is 9.85. The molecule has 0 saturated carbocycles. The summed E-state index contributed by atoms with van der Waals surface area (Å²) >= 11 is 0. The summed E-state index contributed by atoms with van der Waals surface area (Å²) in [7, 11) is -1.36. The third-order valence-corrected chi connectivity index (χ3v) is 2.29. The van der Waals surface area contributed by atoms with Gasteiger partial charge in [-0.05, 0) is 24.0 Å². The highest BCUT2D eigenvalue weighted by Crippen LogP contribution is 2.20. The van der Waals surface area contributed by atoms with Gasteiger partial charge < -0.3 is 10.0 Å². The molecule has 1 rings (SSSR count). The molecule has 0 fully saturated rings. The molecule has 0 aromatic heterocycles. The van der Waals surface area contributed by atoms with Crippen LogP contribution in [0, 0.1) is 0 Å². The zero-order valence-corrected chi connectivity index (χ0v) is 9.06. The van der Waals surface area contributed by atoms with Gasteiger partial charge >= 0.3 is 7.12 Å². The SMILES string of the molecule is CCCC/C(=C/B(O)O)c1ccccc1. The van der Waals surface area contributed by atoms with Crippen LogP contribution in [0.3, 0.4) is 0 Å². The molecule has 0 saturated heterocycles. The molecule has 1 aromatic carbocycles. The number of benzene rings is 1. The number of unbranched alkanes of at least 4 members (excludes halogenated alkanes) is 1. The van der Waals surface area contributed by atoms with Gasteiger partial charge in [-0.25, -0.2) is 0 Å². The second-order valence-corrected chi connectivity index (χ2v) is 3.58. The summed E-state index contributed by atoms with van der Waals surface area (Å²) in [6.45, 7) is 2.12. The highest BCUT2D eigenvalue weighted by Gasteiger charge is 2.06. The summed E-state index contributed by atoms with van der Waals surface area (Å²) in [5.74, 6) is 1.50. The van der Waals surface area contributed by atoms with Crippen molar-refractivity contribution in [3.8, 4) is 0 Å². The Morgan fingerprint density at radius 1 is 1.27 bits per heavy atom. The third kappa shape index (κ3) is 4.32. The average Bonchev–Trinajstić information content (AvgIpc) is 2.25. The maximum absolute atomic E-state index is 8.96. The predicted molar refractivity (Wildman–Crippen MR) is 64.1 cm³/mol. The van der Waals surface area contributed by atoms with Gasteiger partial charge in [0.2, 0.25) is 0 Å². The fraction of sp³-hybridized carbons (Fsp3) is 0.333. The molecule has 0 heterocycles. The molecule has 0 spiro atoms. The summed E-state index contributed by atoms with van der Waals surface area (Å²) in [6.07, 6.45) is 3.05. The Morgan fingerprint density at radius 2 is 1.93 bits per heavy atom. The second-order valence-electron chi connectivity index (χ2n) is 3.58. The molecule has 0 radical (unpaired) electrons. The largest absolute Gasteiger partial charge is 0.480 e. The van der Waals surface area contributed by atoms with Gasteiger partial charge in [0, 0.05) is 0 Å². The standard InChI is InChI=1S/C12H17BO2/c1-2-3-7-12(10-13(14)15)11-8-5-4-6-9-11/h4-6,8-10,14-15H,2-3,7H2,1H3/b12-10-. The van der Waals surface area contributed by atoms with Gasteiger partial charge in [-0.2, -0.15) is 0 Å². The summed E-state index contributed by atoms with van der Waals surface area (Å²) in [5, 5.41) is 17.9. The average molecular weight is 204 g/mol. The van der Waals surface area contributed by atoms with E-state index in [1.165, 1.54) is 5.98 Å². The zero-order chi connectivity index (χ0) is 11.1. The van der Waals surface area contributed by atoms with Gasteiger partial charge in [-0.15, -0.1) is 0 Å². The molecule has 0 aliphatic rings. The van der Waals surface area contributed by atoms with Crippen LogP contribution in [-0.2, 0) is 0 Å². The van der Waals surface area contributed by atoms with E-state index in [-0.39, 0.29) is 0 Å². The molecule has 2 N–H and O–H groups in total. The fourth-order valence-electron chi connectivity index (χ4n) is 1.52. The Labute approximate surface area is 91.4 Å². The molecule has 80 valence electrons. The van der Waals surface area contributed by atoms with Crippen LogP contribution >= 0.6 is 0 Å². The first-order valence-electron chi connectivity index (χ1n) is 5.36. The minimum absolute atomic E-state index is 0.887. The molecule has 3 heteroatoms. The van der Waals surface area contributed by atoms with Gasteiger partial charge in [0.15, 0.2) is 0 Å². The first-order valence-corrected chi connectivity index (χ1v) is 5.36. The number of hydrogen-bond acceptors (Lipinski definition) is 2. The van der Waals surface area contributed by atoms with E-state index >= 15 is 0 Å². The van der Waals surface area contributed by atoms with E-state index in [1.807, 2.05) is 30.3 Å². The van der Waals surface area contributed by atoms with Crippen LogP contribution < -0.4 is 0 Å². The van der Waals surface area contributed by atoms with Crippen molar-refractivity contribution in [3.63, 3.8) is 0 Å². The summed E-state index contributed by atoms with van der Waals surface area (Å²) in [4.78, 5) is 0. The lowest BCUT2D eigenvalue weighted by atomic mass is 9.84. The van der Waals surface area contributed by atoms with E-state index in [0.717, 1.165) is 30.4 Å². The molecule has 0 atom stereocenters. The van der Waals surface area contributed by atoms with Crippen molar-refractivity contribution in [2.45, 2.75) is 26.2 Å². The van der Waals surface area contributed by atoms with Crippen molar-refractivity contribution in [2.75, 3.05) is 0 Å². The lowest BCUT2D eigenvalue weighted by Crippen LogP contribution is -2.07. The smallest absolute Gasteiger partial charge is 0.424 e. The number of rotatable bonds is 5. The molecule has 0 bridgehead atoms. The summed E-state index contributed by atoms with van der Waals surface area (Å²) in [5.41, 5.74) is 2.08. The van der Waals surface area contributed by atoms with Crippen LogP contribution in [0.4, 0.5) is 0 Å². The van der Waals surface area contributed by atoms with Crippen molar-refractivity contribution in [1.29, 1.82) is 0 Å². The summed E-state index contributed by atoms with van der Waals surface area (Å²) < 4.78 is 0. The minimum Gasteiger partial charge on any atom is -0.424 e. The fourth-order valence-corrected chi connectivity index (χ4v) is 1.52. The van der Waals surface area contributed by atoms with Gasteiger partial charge in [0.1, 0.15) is 0 Å². The molecular formula is C12H17BO2. The Balaban J connectivity index is 2.82. The Hall–Kier alpha value is -1.06. The first-order chi connectivity index (χ1) is 7.24. The molecule has 1 aromatic rings. The highest BCUT2D eigenvalue weighted by atomic mass is 16.4. The van der Waals surface area contributed by atoms with Gasteiger partial charge in [0.05, 0.1) is 0 Å². The van der Waals surface area contributed by atoms with Crippen LogP contribution in [0.25, 0.3) is 5.57 Å². The molecule has 0 aliphatic carbocycles. The lowest BCUT2D eigenvalue weighted by molar-refractivity contribution is 0.424. The van der Waals surface area contributed by atoms with E-state index in [9.17, 15) is 0 Å². The second kappa shape index (κ2) is 6.43. The molecule has 0 amide bonds. The number of hydrogen-bond donors (Lipinski definition) is 2. The molecule has 0 aliphatic heterocycles. The molecule has 0 unspecified atom stereocenters. The monoisotopic (exact) mass is 204 g/mol. The molecule has 2 nitrogen and oxygen atoms in total. The van der Waals surface area contributed by atoms with Crippen LogP contribution in [0.2, 0.25) is 0 Å². The molecule has 15 heavy (non-hydrogen) atoms. The van der Waals surface area contributed by atoms with Crippen LogP contribution in [-0.4, -0.2) is 17.2 Å². The highest BCUT2D eigenvalue weighted by molar-refractivity contribution is 6.49. The van der Waals surface area contributed by atoms with Gasteiger partial charge in [-0.3, -0.25) is 0 Å². The zero-order valence-electron chi connectivity index (χ0n) is 9.06. The normalized spacial score (nSPS) is 11.5. The van der Waals surface area contributed by atoms with E-state index in [4.69, 9.17) is 10.0 Å². The van der Waals surface area contributed by atoms with Gasteiger partial charge in [-0.1, -0.05) is 49.7 Å². The van der Waals surface area contributed by atoms with E-state index in [1.54, 1.807) is 0 Å². The van der Waals surface area contributed by atoms with Crippen molar-refractivity contribution in [3.05, 3.63) is 41.9 Å². The topological polar surface area (TPSA) is 40.5 Å². The van der Waals surface area contributed by atoms with Crippen LogP contribution in [0.1, 0.15) is 31.7 Å². The number of allylic oxidation sites excluding steroid dienone is 1. The van der Waals surface area contributed by atoms with Crippen molar-refractivity contribution < 1.29 is 10.0 Å². The quantitative estimate of drug-likeness (QED) is 0.722. The van der Waals surface area contributed by atoms with Crippen molar-refractivity contribution in [1.82, 2.24) is 0 Å². The van der Waals surface area contributed by atoms with Crippen LogP contribution in [0.5, 0.6) is 0 Å². The maximum atomic E-state index is 8.96. The third-order valence-electron chi connectivity index (χ3n) is 2.29. The minimum atomic E-state index is -1.36. The Morgan fingerprint density at radius 3 is 2.47 bits per heavy atom. The lowest BCUT2D eigenvalue weighted by Gasteiger charge is -2.07.